The lowest BCUT2D eigenvalue weighted by Gasteiger charge is -2.32. The summed E-state index contributed by atoms with van der Waals surface area (Å²) < 4.78 is 1.97. The molecule has 1 aromatic heterocycles. The van der Waals surface area contributed by atoms with E-state index in [0.717, 1.165) is 10.5 Å². The van der Waals surface area contributed by atoms with Crippen LogP contribution in [0.15, 0.2) is 45.9 Å². The number of halogens is 1. The van der Waals surface area contributed by atoms with Crippen LogP contribution in [0.5, 0.6) is 0 Å². The molecule has 0 unspecified atom stereocenters. The average Bonchev–Trinajstić information content (AvgIpc) is 2.58. The van der Waals surface area contributed by atoms with Gasteiger partial charge in [0.25, 0.3) is 11.5 Å². The van der Waals surface area contributed by atoms with Gasteiger partial charge in [-0.3, -0.25) is 9.59 Å². The van der Waals surface area contributed by atoms with Crippen LogP contribution in [0, 0.1) is 0 Å². The summed E-state index contributed by atoms with van der Waals surface area (Å²) in [5.41, 5.74) is 0.629. The van der Waals surface area contributed by atoms with E-state index in [1.54, 1.807) is 6.20 Å². The molecule has 0 aliphatic carbocycles. The third kappa shape index (κ3) is 3.71. The highest BCUT2D eigenvalue weighted by Crippen LogP contribution is 2.15. The van der Waals surface area contributed by atoms with E-state index in [1.807, 2.05) is 30.3 Å². The van der Waals surface area contributed by atoms with Crippen LogP contribution in [0.4, 0.5) is 10.6 Å². The van der Waals surface area contributed by atoms with Crippen LogP contribution in [-0.4, -0.2) is 51.2 Å². The topological polar surface area (TPSA) is 95.7 Å². The van der Waals surface area contributed by atoms with Crippen molar-refractivity contribution >= 4 is 33.7 Å². The number of imide groups is 1. The van der Waals surface area contributed by atoms with Crippen LogP contribution in [0.25, 0.3) is 0 Å². The van der Waals surface area contributed by atoms with Crippen molar-refractivity contribution in [3.8, 4) is 0 Å². The minimum atomic E-state index is -1.28. The summed E-state index contributed by atoms with van der Waals surface area (Å²) in [6, 6.07) is 9.50. The molecule has 1 aliphatic rings. The fraction of sp³-hybridized carbons (Fsp3) is 0.250. The summed E-state index contributed by atoms with van der Waals surface area (Å²) in [7, 11) is 0. The Hall–Kier alpha value is -2.68. The highest BCUT2D eigenvalue weighted by Gasteiger charge is 2.30. The number of rotatable bonds is 3. The lowest BCUT2D eigenvalue weighted by atomic mass is 10.2. The van der Waals surface area contributed by atoms with E-state index in [9.17, 15) is 14.4 Å². The Morgan fingerprint density at radius 3 is 2.56 bits per heavy atom. The Morgan fingerprint density at radius 2 is 1.92 bits per heavy atom. The minimum Gasteiger partial charge on any atom is -0.465 e. The number of hydrogen-bond donors (Lipinski definition) is 1. The van der Waals surface area contributed by atoms with Gasteiger partial charge >= 0.3 is 6.09 Å². The zero-order valence-corrected chi connectivity index (χ0v) is 14.7. The van der Waals surface area contributed by atoms with Crippen molar-refractivity contribution < 1.29 is 14.7 Å². The van der Waals surface area contributed by atoms with E-state index in [0.29, 0.717) is 11.1 Å². The predicted octanol–water partition coefficient (Wildman–Crippen LogP) is 1.38. The summed E-state index contributed by atoms with van der Waals surface area (Å²) in [5.74, 6) is -0.446. The second-order valence-electron chi connectivity index (χ2n) is 5.56. The lowest BCUT2D eigenvalue weighted by Crippen LogP contribution is -2.53. The van der Waals surface area contributed by atoms with Gasteiger partial charge in [0.15, 0.2) is 5.82 Å². The number of benzene rings is 1. The standard InChI is InChI=1S/C16H15BrN4O4/c17-12-9-20(8-11-4-2-1-3-5-11)15(23)14(18-12)19-6-7-21(16(24)25)13(22)10-19/h1-5,9H,6-8,10H2,(H,24,25). The van der Waals surface area contributed by atoms with Gasteiger partial charge in [0, 0.05) is 19.3 Å². The van der Waals surface area contributed by atoms with Crippen molar-refractivity contribution in [1.82, 2.24) is 14.5 Å². The van der Waals surface area contributed by atoms with Gasteiger partial charge in [-0.2, -0.15) is 0 Å². The van der Waals surface area contributed by atoms with Crippen molar-refractivity contribution in [2.45, 2.75) is 6.54 Å². The largest absolute Gasteiger partial charge is 0.465 e. The van der Waals surface area contributed by atoms with Crippen LogP contribution in [0.3, 0.4) is 0 Å². The molecule has 8 nitrogen and oxygen atoms in total. The van der Waals surface area contributed by atoms with Gasteiger partial charge in [-0.05, 0) is 21.5 Å². The maximum absolute atomic E-state index is 12.7. The first-order valence-corrected chi connectivity index (χ1v) is 8.34. The Kier molecular flexibility index (Phi) is 4.84. The highest BCUT2D eigenvalue weighted by molar-refractivity contribution is 9.10. The summed E-state index contributed by atoms with van der Waals surface area (Å²) in [4.78, 5) is 42.1. The molecule has 3 rings (SSSR count). The van der Waals surface area contributed by atoms with Gasteiger partial charge in [0.2, 0.25) is 0 Å². The molecule has 1 saturated heterocycles. The quantitative estimate of drug-likeness (QED) is 0.826. The van der Waals surface area contributed by atoms with Crippen LogP contribution < -0.4 is 10.5 Å². The monoisotopic (exact) mass is 406 g/mol. The maximum Gasteiger partial charge on any atom is 0.414 e. The van der Waals surface area contributed by atoms with Gasteiger partial charge in [0.1, 0.15) is 4.60 Å². The summed E-state index contributed by atoms with van der Waals surface area (Å²) in [5, 5.41) is 8.97. The maximum atomic E-state index is 12.7. The van der Waals surface area contributed by atoms with Gasteiger partial charge in [-0.15, -0.1) is 0 Å². The SMILES string of the molecule is O=C(O)N1CCN(c2nc(Br)cn(Cc3ccccc3)c2=O)CC1=O. The number of piperazine rings is 1. The molecule has 1 fully saturated rings. The van der Waals surface area contributed by atoms with Crippen LogP contribution >= 0.6 is 15.9 Å². The van der Waals surface area contributed by atoms with Crippen molar-refractivity contribution in [1.29, 1.82) is 0 Å². The number of nitrogens with zero attached hydrogens (tertiary/aromatic N) is 4. The van der Waals surface area contributed by atoms with E-state index in [1.165, 1.54) is 9.47 Å². The molecule has 2 heterocycles. The molecule has 25 heavy (non-hydrogen) atoms. The molecule has 0 spiro atoms. The average molecular weight is 407 g/mol. The molecule has 2 amide bonds. The first kappa shape index (κ1) is 17.2. The molecule has 1 aliphatic heterocycles. The highest BCUT2D eigenvalue weighted by atomic mass is 79.9. The molecule has 0 saturated carbocycles. The number of carboxylic acid groups (broad SMARTS) is 1. The molecule has 130 valence electrons. The Bertz CT molecular complexity index is 868. The van der Waals surface area contributed by atoms with Crippen LogP contribution in [-0.2, 0) is 11.3 Å². The summed E-state index contributed by atoms with van der Waals surface area (Å²) in [6.45, 7) is 0.399. The lowest BCUT2D eigenvalue weighted by molar-refractivity contribution is -0.128. The predicted molar refractivity (Wildman–Crippen MR) is 93.7 cm³/mol. The van der Waals surface area contributed by atoms with E-state index >= 15 is 0 Å². The third-order valence-electron chi connectivity index (χ3n) is 3.87. The zero-order valence-electron chi connectivity index (χ0n) is 13.1. The van der Waals surface area contributed by atoms with Gasteiger partial charge in [0.05, 0.1) is 13.1 Å². The number of aromatic nitrogens is 2. The molecule has 1 aromatic carbocycles. The second kappa shape index (κ2) is 7.06. The minimum absolute atomic E-state index is 0.000481. The molecule has 0 bridgehead atoms. The molecule has 2 aromatic rings. The van der Waals surface area contributed by atoms with E-state index in [-0.39, 0.29) is 31.0 Å². The van der Waals surface area contributed by atoms with Crippen molar-refractivity contribution in [3.05, 3.63) is 57.0 Å². The number of amides is 2. The smallest absolute Gasteiger partial charge is 0.414 e. The normalized spacial score (nSPS) is 14.7. The van der Waals surface area contributed by atoms with Gasteiger partial charge < -0.3 is 14.6 Å². The van der Waals surface area contributed by atoms with E-state index in [2.05, 4.69) is 20.9 Å². The molecule has 1 N–H and O–H groups in total. The van der Waals surface area contributed by atoms with E-state index < -0.39 is 12.0 Å². The number of anilines is 1. The summed E-state index contributed by atoms with van der Waals surface area (Å²) >= 11 is 3.29. The first-order valence-electron chi connectivity index (χ1n) is 7.55. The number of hydrogen-bond acceptors (Lipinski definition) is 5. The summed E-state index contributed by atoms with van der Waals surface area (Å²) in [6.07, 6.45) is 0.307. The number of carbonyl (C=O) groups is 2. The molecule has 0 radical (unpaired) electrons. The Morgan fingerprint density at radius 1 is 1.20 bits per heavy atom. The third-order valence-corrected chi connectivity index (χ3v) is 4.26. The second-order valence-corrected chi connectivity index (χ2v) is 6.37. The molecular weight excluding hydrogens is 392 g/mol. The Labute approximate surface area is 151 Å². The zero-order chi connectivity index (χ0) is 18.0. The molecule has 9 heteroatoms. The van der Waals surface area contributed by atoms with E-state index in [4.69, 9.17) is 5.11 Å². The van der Waals surface area contributed by atoms with Crippen molar-refractivity contribution in [3.63, 3.8) is 0 Å². The van der Waals surface area contributed by atoms with Crippen molar-refractivity contribution in [2.75, 3.05) is 24.5 Å². The van der Waals surface area contributed by atoms with Crippen molar-refractivity contribution in [2.24, 2.45) is 0 Å². The molecule has 0 atom stereocenters. The van der Waals surface area contributed by atoms with Gasteiger partial charge in [-0.1, -0.05) is 30.3 Å². The fourth-order valence-corrected chi connectivity index (χ4v) is 3.07. The van der Waals surface area contributed by atoms with Gasteiger partial charge in [-0.25, -0.2) is 14.7 Å². The van der Waals surface area contributed by atoms with Crippen LogP contribution in [0.2, 0.25) is 0 Å². The van der Waals surface area contributed by atoms with Crippen LogP contribution in [0.1, 0.15) is 5.56 Å². The molecular formula is C16H15BrN4O4. The number of carbonyl (C=O) groups excluding carboxylic acids is 1. The fourth-order valence-electron chi connectivity index (χ4n) is 2.65. The Balaban J connectivity index is 1.89. The first-order chi connectivity index (χ1) is 12.0.